The van der Waals surface area contributed by atoms with Crippen molar-refractivity contribution in [3.63, 3.8) is 0 Å². The van der Waals surface area contributed by atoms with Gasteiger partial charge in [0, 0.05) is 12.0 Å². The number of rotatable bonds is 2. The van der Waals surface area contributed by atoms with Crippen LogP contribution in [0.25, 0.3) is 0 Å². The average molecular weight is 252 g/mol. The van der Waals surface area contributed by atoms with Crippen LogP contribution in [0.3, 0.4) is 0 Å². The van der Waals surface area contributed by atoms with E-state index in [2.05, 4.69) is 10.9 Å². The van der Waals surface area contributed by atoms with Gasteiger partial charge in [0.05, 0.1) is 12.3 Å². The maximum Gasteiger partial charge on any atom is 0.422 e. The Labute approximate surface area is 107 Å². The van der Waals surface area contributed by atoms with Crippen molar-refractivity contribution in [2.24, 2.45) is 0 Å². The van der Waals surface area contributed by atoms with Crippen molar-refractivity contribution in [1.29, 1.82) is 0 Å². The zero-order valence-corrected chi connectivity index (χ0v) is 11.1. The maximum absolute atomic E-state index is 11.5. The van der Waals surface area contributed by atoms with Gasteiger partial charge in [0.1, 0.15) is 11.4 Å². The molecular weight excluding hydrogens is 232 g/mol. The first-order valence-electron chi connectivity index (χ1n) is 6.26. The first kappa shape index (κ1) is 13.0. The highest BCUT2D eigenvalue weighted by Gasteiger charge is 2.23. The number of ether oxygens (including phenoxy) is 1. The summed E-state index contributed by atoms with van der Waals surface area (Å²) in [5, 5.41) is 0. The molecular formula is C13H20N2O3. The summed E-state index contributed by atoms with van der Waals surface area (Å²) in [5.41, 5.74) is 6.22. The molecule has 1 unspecified atom stereocenters. The van der Waals surface area contributed by atoms with Crippen LogP contribution >= 0.6 is 0 Å². The van der Waals surface area contributed by atoms with E-state index in [0.717, 1.165) is 30.6 Å². The molecule has 5 heteroatoms. The molecule has 0 bridgehead atoms. The third kappa shape index (κ3) is 3.26. The van der Waals surface area contributed by atoms with Gasteiger partial charge in [-0.25, -0.2) is 10.2 Å². The van der Waals surface area contributed by atoms with Gasteiger partial charge in [0.15, 0.2) is 0 Å². The van der Waals surface area contributed by atoms with Crippen LogP contribution in [-0.2, 0) is 11.2 Å². The smallest absolute Gasteiger partial charge is 0.422 e. The van der Waals surface area contributed by atoms with Gasteiger partial charge in [0.2, 0.25) is 0 Å². The fourth-order valence-corrected chi connectivity index (χ4v) is 2.09. The SMILES string of the molecule is CC(C)(C)OC(=O)NNC1CCCc2occc21. The summed E-state index contributed by atoms with van der Waals surface area (Å²) in [6.07, 6.45) is 4.22. The Bertz CT molecular complexity index is 420. The van der Waals surface area contributed by atoms with Gasteiger partial charge in [0.25, 0.3) is 0 Å². The number of hydrogen-bond acceptors (Lipinski definition) is 4. The normalized spacial score (nSPS) is 19.2. The summed E-state index contributed by atoms with van der Waals surface area (Å²) in [6, 6.07) is 2.04. The first-order valence-corrected chi connectivity index (χ1v) is 6.26. The third-order valence-electron chi connectivity index (χ3n) is 2.80. The molecule has 100 valence electrons. The molecule has 2 rings (SSSR count). The Balaban J connectivity index is 1.87. The molecule has 0 aliphatic heterocycles. The van der Waals surface area contributed by atoms with Crippen LogP contribution in [0.5, 0.6) is 0 Å². The summed E-state index contributed by atoms with van der Waals surface area (Å²) < 4.78 is 10.6. The van der Waals surface area contributed by atoms with Gasteiger partial charge in [-0.1, -0.05) is 0 Å². The van der Waals surface area contributed by atoms with Crippen LogP contribution in [-0.4, -0.2) is 11.7 Å². The van der Waals surface area contributed by atoms with Crippen molar-refractivity contribution >= 4 is 6.09 Å². The Morgan fingerprint density at radius 1 is 1.50 bits per heavy atom. The van der Waals surface area contributed by atoms with Gasteiger partial charge >= 0.3 is 6.09 Å². The Morgan fingerprint density at radius 2 is 2.28 bits per heavy atom. The van der Waals surface area contributed by atoms with Gasteiger partial charge in [-0.3, -0.25) is 5.43 Å². The van der Waals surface area contributed by atoms with E-state index in [1.165, 1.54) is 0 Å². The highest BCUT2D eigenvalue weighted by atomic mass is 16.6. The number of carbonyl (C=O) groups is 1. The molecule has 0 saturated heterocycles. The second-order valence-electron chi connectivity index (χ2n) is 5.52. The first-order chi connectivity index (χ1) is 8.46. The average Bonchev–Trinajstić information content (AvgIpc) is 2.72. The zero-order valence-electron chi connectivity index (χ0n) is 11.1. The molecule has 1 aromatic rings. The number of hydrogen-bond donors (Lipinski definition) is 2. The number of fused-ring (bicyclic) bond motifs is 1. The van der Waals surface area contributed by atoms with E-state index in [1.54, 1.807) is 6.26 Å². The minimum Gasteiger partial charge on any atom is -0.469 e. The van der Waals surface area contributed by atoms with Gasteiger partial charge in [-0.2, -0.15) is 0 Å². The van der Waals surface area contributed by atoms with E-state index in [9.17, 15) is 4.79 Å². The van der Waals surface area contributed by atoms with Crippen LogP contribution < -0.4 is 10.9 Å². The van der Waals surface area contributed by atoms with Crippen LogP contribution in [0.1, 0.15) is 51.0 Å². The van der Waals surface area contributed by atoms with Crippen molar-refractivity contribution < 1.29 is 13.9 Å². The summed E-state index contributed by atoms with van der Waals surface area (Å²) in [6.45, 7) is 5.50. The lowest BCUT2D eigenvalue weighted by Crippen LogP contribution is -2.43. The second kappa shape index (κ2) is 5.02. The highest BCUT2D eigenvalue weighted by molar-refractivity contribution is 5.67. The predicted molar refractivity (Wildman–Crippen MR) is 66.9 cm³/mol. The van der Waals surface area contributed by atoms with Crippen molar-refractivity contribution in [2.45, 2.75) is 51.7 Å². The fourth-order valence-electron chi connectivity index (χ4n) is 2.09. The minimum atomic E-state index is -0.487. The topological polar surface area (TPSA) is 63.5 Å². The summed E-state index contributed by atoms with van der Waals surface area (Å²) >= 11 is 0. The molecule has 1 amide bonds. The van der Waals surface area contributed by atoms with E-state index in [4.69, 9.17) is 9.15 Å². The molecule has 0 spiro atoms. The number of amides is 1. The minimum absolute atomic E-state index is 0.0972. The molecule has 1 aliphatic rings. The van der Waals surface area contributed by atoms with Gasteiger partial charge in [-0.05, 0) is 39.7 Å². The van der Waals surface area contributed by atoms with E-state index >= 15 is 0 Å². The predicted octanol–water partition coefficient (Wildman–Crippen LogP) is 2.69. The number of furan rings is 1. The van der Waals surface area contributed by atoms with E-state index in [1.807, 2.05) is 26.8 Å². The molecule has 1 aliphatic carbocycles. The molecule has 1 atom stereocenters. The Morgan fingerprint density at radius 3 is 3.00 bits per heavy atom. The lowest BCUT2D eigenvalue weighted by molar-refractivity contribution is 0.0485. The van der Waals surface area contributed by atoms with E-state index < -0.39 is 11.7 Å². The molecule has 0 saturated carbocycles. The number of aryl methyl sites for hydroxylation is 1. The molecule has 5 nitrogen and oxygen atoms in total. The molecule has 0 aromatic carbocycles. The largest absolute Gasteiger partial charge is 0.469 e. The van der Waals surface area contributed by atoms with Crippen molar-refractivity contribution in [3.05, 3.63) is 23.7 Å². The molecule has 0 fully saturated rings. The summed E-state index contributed by atoms with van der Waals surface area (Å²) in [4.78, 5) is 11.5. The molecule has 1 heterocycles. The van der Waals surface area contributed by atoms with Gasteiger partial charge in [-0.15, -0.1) is 0 Å². The molecule has 2 N–H and O–H groups in total. The van der Waals surface area contributed by atoms with Crippen LogP contribution in [0.15, 0.2) is 16.7 Å². The standard InChI is InChI=1S/C13H20N2O3/c1-13(2,3)18-12(16)15-14-10-5-4-6-11-9(10)7-8-17-11/h7-8,10,14H,4-6H2,1-3H3,(H,15,16). The van der Waals surface area contributed by atoms with Crippen molar-refractivity contribution in [2.75, 3.05) is 0 Å². The molecule has 18 heavy (non-hydrogen) atoms. The van der Waals surface area contributed by atoms with Gasteiger partial charge < -0.3 is 9.15 Å². The van der Waals surface area contributed by atoms with Crippen LogP contribution in [0.2, 0.25) is 0 Å². The second-order valence-corrected chi connectivity index (χ2v) is 5.52. The molecule has 1 aromatic heterocycles. The lowest BCUT2D eigenvalue weighted by atomic mass is 9.94. The number of hydrazine groups is 1. The lowest BCUT2D eigenvalue weighted by Gasteiger charge is -2.25. The maximum atomic E-state index is 11.5. The van der Waals surface area contributed by atoms with Crippen molar-refractivity contribution in [3.8, 4) is 0 Å². The van der Waals surface area contributed by atoms with E-state index in [0.29, 0.717) is 0 Å². The van der Waals surface area contributed by atoms with Crippen molar-refractivity contribution in [1.82, 2.24) is 10.9 Å². The fraction of sp³-hybridized carbons (Fsp3) is 0.615. The zero-order chi connectivity index (χ0) is 13.2. The van der Waals surface area contributed by atoms with Crippen LogP contribution in [0.4, 0.5) is 4.79 Å². The monoisotopic (exact) mass is 252 g/mol. The Hall–Kier alpha value is -1.49. The summed E-state index contributed by atoms with van der Waals surface area (Å²) in [7, 11) is 0. The summed E-state index contributed by atoms with van der Waals surface area (Å²) in [5.74, 6) is 1.00. The quantitative estimate of drug-likeness (QED) is 0.794. The third-order valence-corrected chi connectivity index (χ3v) is 2.80. The van der Waals surface area contributed by atoms with Crippen LogP contribution in [0, 0.1) is 0 Å². The molecule has 0 radical (unpaired) electrons. The Kier molecular flexibility index (Phi) is 3.61. The van der Waals surface area contributed by atoms with E-state index in [-0.39, 0.29) is 6.04 Å². The number of carbonyl (C=O) groups excluding carboxylic acids is 1. The number of nitrogens with one attached hydrogen (secondary N) is 2. The highest BCUT2D eigenvalue weighted by Crippen LogP contribution is 2.29.